The molecular formula is C11H17BrF2N4O. The molecular weight excluding hydrogens is 322 g/mol. The Hall–Kier alpha value is -1.02. The molecule has 1 heterocycles. The first-order valence-electron chi connectivity index (χ1n) is 5.98. The van der Waals surface area contributed by atoms with E-state index in [1.54, 1.807) is 0 Å². The van der Waals surface area contributed by atoms with Crippen LogP contribution in [0, 0.1) is 0 Å². The van der Waals surface area contributed by atoms with Crippen LogP contribution in [-0.2, 0) is 0 Å². The molecule has 5 nitrogen and oxygen atoms in total. The fourth-order valence-corrected chi connectivity index (χ4v) is 2.11. The monoisotopic (exact) mass is 338 g/mol. The fourth-order valence-electron chi connectivity index (χ4n) is 1.52. The van der Waals surface area contributed by atoms with Gasteiger partial charge >= 0.3 is 0 Å². The highest BCUT2D eigenvalue weighted by atomic mass is 79.9. The van der Waals surface area contributed by atoms with Crippen LogP contribution in [0.1, 0.15) is 13.3 Å². The summed E-state index contributed by atoms with van der Waals surface area (Å²) in [6.45, 7) is 2.12. The van der Waals surface area contributed by atoms with E-state index in [4.69, 9.17) is 5.11 Å². The number of alkyl halides is 2. The Kier molecular flexibility index (Phi) is 6.93. The van der Waals surface area contributed by atoms with Gasteiger partial charge in [-0.1, -0.05) is 6.92 Å². The lowest BCUT2D eigenvalue weighted by atomic mass is 10.4. The Labute approximate surface area is 119 Å². The van der Waals surface area contributed by atoms with E-state index in [1.807, 2.05) is 6.92 Å². The van der Waals surface area contributed by atoms with E-state index in [0.29, 0.717) is 16.1 Å². The quantitative estimate of drug-likeness (QED) is 0.760. The number of halogens is 3. The minimum atomic E-state index is -2.50. The van der Waals surface area contributed by atoms with Crippen molar-refractivity contribution < 1.29 is 13.9 Å². The Morgan fingerprint density at radius 1 is 1.47 bits per heavy atom. The summed E-state index contributed by atoms with van der Waals surface area (Å²) in [7, 11) is 0. The highest BCUT2D eigenvalue weighted by molar-refractivity contribution is 9.10. The van der Waals surface area contributed by atoms with E-state index in [2.05, 4.69) is 31.2 Å². The van der Waals surface area contributed by atoms with Gasteiger partial charge in [0.25, 0.3) is 6.43 Å². The van der Waals surface area contributed by atoms with Gasteiger partial charge in [-0.25, -0.2) is 18.7 Å². The van der Waals surface area contributed by atoms with Crippen molar-refractivity contribution in [1.82, 2.24) is 9.97 Å². The SMILES string of the molecule is CCCNc1ncnc(N(CCO)CC(F)F)c1Br. The average molecular weight is 339 g/mol. The molecule has 2 N–H and O–H groups in total. The molecule has 0 saturated heterocycles. The molecule has 0 unspecified atom stereocenters. The molecule has 108 valence electrons. The van der Waals surface area contributed by atoms with Gasteiger partial charge in [-0.15, -0.1) is 0 Å². The molecule has 0 bridgehead atoms. The number of aliphatic hydroxyl groups is 1. The number of rotatable bonds is 8. The van der Waals surface area contributed by atoms with Gasteiger partial charge in [-0.2, -0.15) is 0 Å². The van der Waals surface area contributed by atoms with Crippen LogP contribution in [0.4, 0.5) is 20.4 Å². The zero-order chi connectivity index (χ0) is 14.3. The third kappa shape index (κ3) is 4.87. The number of hydrogen-bond acceptors (Lipinski definition) is 5. The highest BCUT2D eigenvalue weighted by Crippen LogP contribution is 2.29. The van der Waals surface area contributed by atoms with Crippen molar-refractivity contribution in [3.05, 3.63) is 10.8 Å². The third-order valence-corrected chi connectivity index (χ3v) is 3.07. The predicted molar refractivity (Wildman–Crippen MR) is 73.8 cm³/mol. The lowest BCUT2D eigenvalue weighted by molar-refractivity contribution is 0.152. The molecule has 0 aliphatic carbocycles. The van der Waals surface area contributed by atoms with E-state index in [0.717, 1.165) is 13.0 Å². The van der Waals surface area contributed by atoms with Crippen LogP contribution >= 0.6 is 15.9 Å². The first-order chi connectivity index (χ1) is 9.10. The Morgan fingerprint density at radius 2 is 2.21 bits per heavy atom. The van der Waals surface area contributed by atoms with Gasteiger partial charge in [0.1, 0.15) is 22.4 Å². The van der Waals surface area contributed by atoms with Crippen LogP contribution in [0.5, 0.6) is 0 Å². The molecule has 0 spiro atoms. The molecule has 1 aromatic heterocycles. The summed E-state index contributed by atoms with van der Waals surface area (Å²) in [6.07, 6.45) is -0.266. The fraction of sp³-hybridized carbons (Fsp3) is 0.636. The summed E-state index contributed by atoms with van der Waals surface area (Å²) >= 11 is 3.32. The van der Waals surface area contributed by atoms with Gasteiger partial charge in [0.2, 0.25) is 0 Å². The lowest BCUT2D eigenvalue weighted by Gasteiger charge is -2.24. The maximum Gasteiger partial charge on any atom is 0.255 e. The molecule has 1 aromatic rings. The van der Waals surface area contributed by atoms with Crippen LogP contribution in [-0.4, -0.2) is 47.7 Å². The summed E-state index contributed by atoms with van der Waals surface area (Å²) in [6, 6.07) is 0. The number of aliphatic hydroxyl groups excluding tert-OH is 1. The van der Waals surface area contributed by atoms with E-state index in [1.165, 1.54) is 11.2 Å². The van der Waals surface area contributed by atoms with Crippen molar-refractivity contribution in [3.63, 3.8) is 0 Å². The summed E-state index contributed by atoms with van der Waals surface area (Å²) < 4.78 is 25.6. The Morgan fingerprint density at radius 3 is 2.79 bits per heavy atom. The van der Waals surface area contributed by atoms with Gasteiger partial charge in [0.05, 0.1) is 13.2 Å². The zero-order valence-electron chi connectivity index (χ0n) is 10.6. The van der Waals surface area contributed by atoms with E-state index < -0.39 is 13.0 Å². The molecule has 1 rings (SSSR count). The number of aromatic nitrogens is 2. The highest BCUT2D eigenvalue weighted by Gasteiger charge is 2.18. The second-order valence-electron chi connectivity index (χ2n) is 3.85. The van der Waals surface area contributed by atoms with Crippen LogP contribution in [0.3, 0.4) is 0 Å². The summed E-state index contributed by atoms with van der Waals surface area (Å²) in [5.74, 6) is 0.909. The molecule has 0 aromatic carbocycles. The second-order valence-corrected chi connectivity index (χ2v) is 4.64. The Bertz CT molecular complexity index is 395. The van der Waals surface area contributed by atoms with Gasteiger partial charge in [0, 0.05) is 13.1 Å². The van der Waals surface area contributed by atoms with Crippen LogP contribution in [0.25, 0.3) is 0 Å². The van der Waals surface area contributed by atoms with Crippen molar-refractivity contribution >= 4 is 27.6 Å². The third-order valence-electron chi connectivity index (χ3n) is 2.34. The van der Waals surface area contributed by atoms with Crippen molar-refractivity contribution in [3.8, 4) is 0 Å². The van der Waals surface area contributed by atoms with Crippen molar-refractivity contribution in [1.29, 1.82) is 0 Å². The molecule has 0 fully saturated rings. The first-order valence-corrected chi connectivity index (χ1v) is 6.77. The lowest BCUT2D eigenvalue weighted by Crippen LogP contribution is -2.32. The number of anilines is 2. The minimum Gasteiger partial charge on any atom is -0.395 e. The van der Waals surface area contributed by atoms with Crippen molar-refractivity contribution in [2.24, 2.45) is 0 Å². The van der Waals surface area contributed by atoms with Crippen LogP contribution in [0.2, 0.25) is 0 Å². The average Bonchev–Trinajstić information content (AvgIpc) is 2.36. The Balaban J connectivity index is 2.95. The van der Waals surface area contributed by atoms with Gasteiger partial charge < -0.3 is 15.3 Å². The molecule has 19 heavy (non-hydrogen) atoms. The number of hydrogen-bond donors (Lipinski definition) is 2. The van der Waals surface area contributed by atoms with E-state index in [-0.39, 0.29) is 13.2 Å². The van der Waals surface area contributed by atoms with Gasteiger partial charge in [-0.3, -0.25) is 0 Å². The minimum absolute atomic E-state index is 0.0904. The molecule has 0 radical (unpaired) electrons. The summed E-state index contributed by atoms with van der Waals surface area (Å²) in [4.78, 5) is 9.38. The maximum absolute atomic E-state index is 12.5. The molecule has 0 amide bonds. The molecule has 0 aliphatic rings. The number of nitrogens with one attached hydrogen (secondary N) is 1. The zero-order valence-corrected chi connectivity index (χ0v) is 12.2. The van der Waals surface area contributed by atoms with Crippen LogP contribution in [0.15, 0.2) is 10.8 Å². The van der Waals surface area contributed by atoms with E-state index in [9.17, 15) is 8.78 Å². The maximum atomic E-state index is 12.5. The van der Waals surface area contributed by atoms with Crippen molar-refractivity contribution in [2.45, 2.75) is 19.8 Å². The first kappa shape index (κ1) is 16.0. The summed E-state index contributed by atoms with van der Waals surface area (Å²) in [5.41, 5.74) is 0. The normalized spacial score (nSPS) is 10.8. The smallest absolute Gasteiger partial charge is 0.255 e. The van der Waals surface area contributed by atoms with E-state index >= 15 is 0 Å². The topological polar surface area (TPSA) is 61.3 Å². The van der Waals surface area contributed by atoms with Crippen LogP contribution < -0.4 is 10.2 Å². The predicted octanol–water partition coefficient (Wildman–Crippen LogP) is 2.12. The van der Waals surface area contributed by atoms with Gasteiger partial charge in [-0.05, 0) is 22.4 Å². The molecule has 0 aliphatic heterocycles. The second kappa shape index (κ2) is 8.21. The standard InChI is InChI=1S/C11H17BrF2N4O/c1-2-3-15-10-9(12)11(17-7-16-10)18(4-5-19)6-8(13)14/h7-8,19H,2-6H2,1H3,(H,15,16,17). The summed E-state index contributed by atoms with van der Waals surface area (Å²) in [5, 5.41) is 12.0. The molecule has 0 atom stereocenters. The number of nitrogens with zero attached hydrogens (tertiary/aromatic N) is 3. The molecule has 0 saturated carbocycles. The molecule has 8 heteroatoms. The largest absolute Gasteiger partial charge is 0.395 e. The van der Waals surface area contributed by atoms with Gasteiger partial charge in [0.15, 0.2) is 0 Å². The van der Waals surface area contributed by atoms with Crippen molar-refractivity contribution in [2.75, 3.05) is 36.5 Å².